The molecule has 28 heavy (non-hydrogen) atoms. The number of aryl methyl sites for hydroxylation is 2. The Morgan fingerprint density at radius 1 is 1.04 bits per heavy atom. The van der Waals surface area contributed by atoms with Crippen LogP contribution < -0.4 is 0 Å². The molecule has 2 aromatic carbocycles. The predicted octanol–water partition coefficient (Wildman–Crippen LogP) is 6.39. The summed E-state index contributed by atoms with van der Waals surface area (Å²) in [5.74, 6) is 1.57. The molecule has 5 rings (SSSR count). The van der Waals surface area contributed by atoms with Crippen molar-refractivity contribution in [1.29, 1.82) is 0 Å². The van der Waals surface area contributed by atoms with E-state index in [0.717, 1.165) is 58.5 Å². The Morgan fingerprint density at radius 2 is 1.79 bits per heavy atom. The highest BCUT2D eigenvalue weighted by Gasteiger charge is 2.57. The van der Waals surface area contributed by atoms with Gasteiger partial charge in [-0.05, 0) is 90.5 Å². The van der Waals surface area contributed by atoms with Crippen molar-refractivity contribution >= 4 is 23.0 Å². The molecule has 0 saturated heterocycles. The summed E-state index contributed by atoms with van der Waals surface area (Å²) in [7, 11) is 0. The second-order valence-electron chi connectivity index (χ2n) is 8.69. The number of aliphatic hydroxyl groups excluding tert-OH is 1. The predicted molar refractivity (Wildman–Crippen MR) is 113 cm³/mol. The van der Waals surface area contributed by atoms with Gasteiger partial charge < -0.3 is 5.11 Å². The minimum Gasteiger partial charge on any atom is -0.511 e. The molecule has 2 saturated carbocycles. The number of fused-ring (bicyclic) bond motifs is 5. The van der Waals surface area contributed by atoms with Gasteiger partial charge in [-0.1, -0.05) is 36.7 Å². The fourth-order valence-corrected chi connectivity index (χ4v) is 6.25. The first kappa shape index (κ1) is 18.0. The Morgan fingerprint density at radius 3 is 2.46 bits per heavy atom. The van der Waals surface area contributed by atoms with E-state index in [2.05, 4.69) is 25.1 Å². The summed E-state index contributed by atoms with van der Waals surface area (Å²) in [5, 5.41) is 11.8. The Hall–Kier alpha value is -2.06. The molecule has 144 valence electrons. The summed E-state index contributed by atoms with van der Waals surface area (Å²) in [6, 6.07) is 12.2. The standard InChI is InChI=1S/C25H25ClO2/c1-3-14-4-5-15(19-9-8-18(26)10-13(19)2)12-20(14)23-24(27)21-16-6-7-17(11-16)22(21)25(23)28/h4-5,8-10,12,16-17,21-22,27H,3,6-7,11H2,1-2H3/t16-,17+,21-,22+/m0/s1. The Balaban J connectivity index is 1.64. The smallest absolute Gasteiger partial charge is 0.170 e. The SMILES string of the molecule is CCc1ccc(-c2ccc(Cl)cc2C)cc1C1=C(O)[C@H]2[C@H]3CC[C@H](C3)[C@H]2C1=O. The molecule has 0 amide bonds. The van der Waals surface area contributed by atoms with Crippen LogP contribution in [0.15, 0.2) is 42.2 Å². The van der Waals surface area contributed by atoms with Crippen molar-refractivity contribution in [2.45, 2.75) is 39.5 Å². The van der Waals surface area contributed by atoms with Gasteiger partial charge in [0.25, 0.3) is 0 Å². The van der Waals surface area contributed by atoms with Gasteiger partial charge in [0, 0.05) is 16.9 Å². The lowest BCUT2D eigenvalue weighted by atomic mass is 9.80. The highest BCUT2D eigenvalue weighted by Crippen LogP contribution is 2.60. The van der Waals surface area contributed by atoms with Crippen molar-refractivity contribution in [3.8, 4) is 11.1 Å². The van der Waals surface area contributed by atoms with E-state index in [-0.39, 0.29) is 17.6 Å². The van der Waals surface area contributed by atoms with E-state index in [0.29, 0.717) is 23.2 Å². The number of Topliss-reactive ketones (excluding diaryl/α,β-unsaturated/α-hetero) is 1. The number of carbonyl (C=O) groups excluding carboxylic acids is 1. The molecule has 0 heterocycles. The van der Waals surface area contributed by atoms with Crippen LogP contribution in [0.3, 0.4) is 0 Å². The van der Waals surface area contributed by atoms with Gasteiger partial charge in [0.1, 0.15) is 5.76 Å². The van der Waals surface area contributed by atoms with E-state index in [1.807, 2.05) is 25.1 Å². The number of allylic oxidation sites excluding steroid dienone is 2. The van der Waals surface area contributed by atoms with Gasteiger partial charge in [-0.15, -0.1) is 0 Å². The molecule has 0 radical (unpaired) electrons. The summed E-state index contributed by atoms with van der Waals surface area (Å²) in [5.41, 5.74) is 5.92. The molecule has 0 unspecified atom stereocenters. The average molecular weight is 393 g/mol. The fraction of sp³-hybridized carbons (Fsp3) is 0.400. The van der Waals surface area contributed by atoms with Crippen molar-refractivity contribution < 1.29 is 9.90 Å². The molecule has 2 fully saturated rings. The van der Waals surface area contributed by atoms with Gasteiger partial charge in [0.05, 0.1) is 5.57 Å². The van der Waals surface area contributed by atoms with E-state index in [1.54, 1.807) is 0 Å². The van der Waals surface area contributed by atoms with Crippen LogP contribution >= 0.6 is 11.6 Å². The number of aliphatic hydroxyl groups is 1. The van der Waals surface area contributed by atoms with Crippen LogP contribution in [0.5, 0.6) is 0 Å². The first-order valence-corrected chi connectivity index (χ1v) is 10.7. The van der Waals surface area contributed by atoms with Gasteiger partial charge in [-0.2, -0.15) is 0 Å². The van der Waals surface area contributed by atoms with E-state index in [9.17, 15) is 9.90 Å². The monoisotopic (exact) mass is 392 g/mol. The molecule has 3 aliphatic carbocycles. The minimum absolute atomic E-state index is 0.0133. The summed E-state index contributed by atoms with van der Waals surface area (Å²) in [6.07, 6.45) is 4.24. The zero-order chi connectivity index (χ0) is 19.6. The van der Waals surface area contributed by atoms with Crippen LogP contribution in [0, 0.1) is 30.6 Å². The molecular formula is C25H25ClO2. The summed E-state index contributed by atoms with van der Waals surface area (Å²) in [4.78, 5) is 13.4. The van der Waals surface area contributed by atoms with Crippen LogP contribution in [-0.2, 0) is 11.2 Å². The largest absolute Gasteiger partial charge is 0.511 e. The van der Waals surface area contributed by atoms with E-state index in [1.165, 1.54) is 0 Å². The lowest BCUT2D eigenvalue weighted by molar-refractivity contribution is -0.118. The Kier molecular flexibility index (Phi) is 4.17. The zero-order valence-corrected chi connectivity index (χ0v) is 17.1. The molecule has 0 aromatic heterocycles. The Labute approximate surface area is 171 Å². The van der Waals surface area contributed by atoms with Crippen LogP contribution in [0.25, 0.3) is 16.7 Å². The van der Waals surface area contributed by atoms with E-state index >= 15 is 0 Å². The molecule has 0 aliphatic heterocycles. The summed E-state index contributed by atoms with van der Waals surface area (Å²) < 4.78 is 0. The molecule has 2 nitrogen and oxygen atoms in total. The maximum absolute atomic E-state index is 13.4. The molecule has 3 heteroatoms. The highest BCUT2D eigenvalue weighted by atomic mass is 35.5. The number of hydrogen-bond donors (Lipinski definition) is 1. The number of rotatable bonds is 3. The van der Waals surface area contributed by atoms with Crippen LogP contribution in [0.4, 0.5) is 0 Å². The third kappa shape index (κ3) is 2.50. The maximum atomic E-state index is 13.4. The quantitative estimate of drug-likeness (QED) is 0.656. The van der Waals surface area contributed by atoms with Crippen LogP contribution in [-0.4, -0.2) is 10.9 Å². The molecule has 2 aromatic rings. The highest BCUT2D eigenvalue weighted by molar-refractivity contribution is 6.30. The Bertz CT molecular complexity index is 1020. The van der Waals surface area contributed by atoms with Gasteiger partial charge in [-0.3, -0.25) is 4.79 Å². The molecule has 2 bridgehead atoms. The number of halogens is 1. The summed E-state index contributed by atoms with van der Waals surface area (Å²) >= 11 is 6.13. The van der Waals surface area contributed by atoms with Gasteiger partial charge in [0.2, 0.25) is 0 Å². The second-order valence-corrected chi connectivity index (χ2v) is 9.13. The molecule has 1 N–H and O–H groups in total. The lowest BCUT2D eigenvalue weighted by Gasteiger charge is -2.23. The van der Waals surface area contributed by atoms with Crippen molar-refractivity contribution in [2.75, 3.05) is 0 Å². The normalized spacial score (nSPS) is 28.3. The number of carbonyl (C=O) groups is 1. The van der Waals surface area contributed by atoms with E-state index in [4.69, 9.17) is 11.6 Å². The third-order valence-electron chi connectivity index (χ3n) is 7.30. The number of benzene rings is 2. The van der Waals surface area contributed by atoms with Gasteiger partial charge in [-0.25, -0.2) is 0 Å². The lowest BCUT2D eigenvalue weighted by Crippen LogP contribution is -2.24. The maximum Gasteiger partial charge on any atom is 0.170 e. The number of ketones is 1. The zero-order valence-electron chi connectivity index (χ0n) is 16.3. The summed E-state index contributed by atoms with van der Waals surface area (Å²) in [6.45, 7) is 4.15. The van der Waals surface area contributed by atoms with Crippen molar-refractivity contribution in [3.05, 3.63) is 63.9 Å². The second kappa shape index (κ2) is 6.49. The van der Waals surface area contributed by atoms with E-state index < -0.39 is 0 Å². The number of hydrogen-bond acceptors (Lipinski definition) is 2. The first-order valence-electron chi connectivity index (χ1n) is 10.4. The fourth-order valence-electron chi connectivity index (χ4n) is 6.03. The van der Waals surface area contributed by atoms with Crippen molar-refractivity contribution in [2.24, 2.45) is 23.7 Å². The molecular weight excluding hydrogens is 368 g/mol. The topological polar surface area (TPSA) is 37.3 Å². The van der Waals surface area contributed by atoms with Gasteiger partial charge >= 0.3 is 0 Å². The van der Waals surface area contributed by atoms with Crippen LogP contribution in [0.2, 0.25) is 5.02 Å². The van der Waals surface area contributed by atoms with Crippen molar-refractivity contribution in [3.63, 3.8) is 0 Å². The molecule has 4 atom stereocenters. The minimum atomic E-state index is 0.0133. The van der Waals surface area contributed by atoms with Gasteiger partial charge in [0.15, 0.2) is 5.78 Å². The van der Waals surface area contributed by atoms with Crippen molar-refractivity contribution in [1.82, 2.24) is 0 Å². The first-order chi connectivity index (χ1) is 13.5. The molecule has 0 spiro atoms. The average Bonchev–Trinajstić information content (AvgIpc) is 3.35. The van der Waals surface area contributed by atoms with Crippen LogP contribution in [0.1, 0.15) is 42.9 Å². The third-order valence-corrected chi connectivity index (χ3v) is 7.53. The molecule has 3 aliphatic rings.